The monoisotopic (exact) mass is 441 g/mol. The topological polar surface area (TPSA) is 147 Å². The molecule has 32 heavy (non-hydrogen) atoms. The van der Waals surface area contributed by atoms with Crippen molar-refractivity contribution in [1.82, 2.24) is 5.32 Å². The van der Waals surface area contributed by atoms with Crippen molar-refractivity contribution < 1.29 is 38.3 Å². The van der Waals surface area contributed by atoms with Gasteiger partial charge in [0.25, 0.3) is 17.5 Å². The van der Waals surface area contributed by atoms with Crippen molar-refractivity contribution in [3.8, 4) is 23.0 Å². The molecule has 2 heterocycles. The number of carbonyl (C=O) groups is 3. The second-order valence-electron chi connectivity index (χ2n) is 6.52. The van der Waals surface area contributed by atoms with Crippen LogP contribution in [0.15, 0.2) is 35.9 Å². The van der Waals surface area contributed by atoms with E-state index in [1.54, 1.807) is 0 Å². The molecule has 1 N–H and O–H groups in total. The van der Waals surface area contributed by atoms with Crippen LogP contribution in [0.3, 0.4) is 0 Å². The van der Waals surface area contributed by atoms with E-state index in [4.69, 9.17) is 18.9 Å². The van der Waals surface area contributed by atoms with Crippen molar-refractivity contribution in [2.45, 2.75) is 0 Å². The molecular formula is C20H15N3O9. The molecule has 0 spiro atoms. The first-order valence-corrected chi connectivity index (χ1v) is 9.05. The van der Waals surface area contributed by atoms with Gasteiger partial charge in [-0.05, 0) is 24.3 Å². The maximum atomic E-state index is 13.1. The molecule has 1 fully saturated rings. The van der Waals surface area contributed by atoms with Gasteiger partial charge in [0, 0.05) is 6.07 Å². The van der Waals surface area contributed by atoms with E-state index in [2.05, 4.69) is 5.32 Å². The normalized spacial score (nSPS) is 16.2. The summed E-state index contributed by atoms with van der Waals surface area (Å²) in [4.78, 5) is 49.5. The van der Waals surface area contributed by atoms with Gasteiger partial charge in [-0.25, -0.2) is 9.69 Å². The fraction of sp³-hybridized carbons (Fsp3) is 0.150. The Morgan fingerprint density at radius 3 is 2.44 bits per heavy atom. The van der Waals surface area contributed by atoms with Crippen LogP contribution in [0.2, 0.25) is 0 Å². The molecule has 4 amide bonds. The lowest BCUT2D eigenvalue weighted by atomic mass is 10.0. The molecule has 1 saturated heterocycles. The van der Waals surface area contributed by atoms with E-state index in [9.17, 15) is 24.5 Å². The predicted molar refractivity (Wildman–Crippen MR) is 108 cm³/mol. The molecule has 0 radical (unpaired) electrons. The first kappa shape index (κ1) is 20.7. The number of urea groups is 1. The second-order valence-corrected chi connectivity index (χ2v) is 6.52. The van der Waals surface area contributed by atoms with E-state index in [1.807, 2.05) is 0 Å². The molecule has 0 aromatic heterocycles. The Kier molecular flexibility index (Phi) is 5.10. The van der Waals surface area contributed by atoms with Crippen molar-refractivity contribution in [3.05, 3.63) is 51.6 Å². The zero-order valence-corrected chi connectivity index (χ0v) is 16.7. The Hall–Kier alpha value is -4.61. The van der Waals surface area contributed by atoms with Crippen molar-refractivity contribution in [3.63, 3.8) is 0 Å². The minimum atomic E-state index is -0.999. The molecule has 164 valence electrons. The predicted octanol–water partition coefficient (Wildman–Crippen LogP) is 2.01. The summed E-state index contributed by atoms with van der Waals surface area (Å²) in [5.74, 6) is -0.967. The lowest BCUT2D eigenvalue weighted by Gasteiger charge is -2.26. The summed E-state index contributed by atoms with van der Waals surface area (Å²) >= 11 is 0. The highest BCUT2D eigenvalue weighted by molar-refractivity contribution is 6.39. The smallest absolute Gasteiger partial charge is 0.335 e. The Balaban J connectivity index is 1.79. The number of hydrogen-bond donors (Lipinski definition) is 1. The summed E-state index contributed by atoms with van der Waals surface area (Å²) in [7, 11) is 2.64. The van der Waals surface area contributed by atoms with Crippen LogP contribution in [0.5, 0.6) is 23.0 Å². The van der Waals surface area contributed by atoms with E-state index in [-0.39, 0.29) is 29.5 Å². The molecule has 0 atom stereocenters. The third-order valence-electron chi connectivity index (χ3n) is 4.75. The number of hydrogen-bond acceptors (Lipinski definition) is 9. The maximum Gasteiger partial charge on any atom is 0.335 e. The third-order valence-corrected chi connectivity index (χ3v) is 4.75. The third kappa shape index (κ3) is 3.43. The number of amides is 4. The lowest BCUT2D eigenvalue weighted by Crippen LogP contribution is -2.54. The molecule has 0 aliphatic carbocycles. The number of nitro groups is 1. The summed E-state index contributed by atoms with van der Waals surface area (Å²) in [5, 5.41) is 13.6. The largest absolute Gasteiger partial charge is 0.493 e. The Morgan fingerprint density at radius 2 is 1.75 bits per heavy atom. The second kappa shape index (κ2) is 7.91. The van der Waals surface area contributed by atoms with Gasteiger partial charge in [0.1, 0.15) is 5.57 Å². The Labute approximate surface area is 180 Å². The quantitative estimate of drug-likeness (QED) is 0.318. The van der Waals surface area contributed by atoms with Crippen molar-refractivity contribution in [2.24, 2.45) is 0 Å². The first-order chi connectivity index (χ1) is 15.3. The minimum absolute atomic E-state index is 0.00839. The highest BCUT2D eigenvalue weighted by Crippen LogP contribution is 2.38. The number of nitrogens with zero attached hydrogens (tertiary/aromatic N) is 2. The number of rotatable bonds is 5. The molecule has 0 bridgehead atoms. The van der Waals surface area contributed by atoms with Crippen LogP contribution in [-0.4, -0.2) is 43.8 Å². The number of anilines is 1. The Morgan fingerprint density at radius 1 is 1.06 bits per heavy atom. The van der Waals surface area contributed by atoms with Gasteiger partial charge in [0.15, 0.2) is 23.0 Å². The van der Waals surface area contributed by atoms with Crippen molar-refractivity contribution in [1.29, 1.82) is 0 Å². The zero-order chi connectivity index (χ0) is 23.0. The number of imide groups is 2. The standard InChI is InChI=1S/C20H15N3O9/c1-29-15-6-10(13(23(27)28)8-16(15)30-2)5-12-18(24)21-20(26)22(19(12)25)11-3-4-14-17(7-11)32-9-31-14/h3-8H,9H2,1-2H3,(H,21,24,26)/b12-5+. The molecule has 12 nitrogen and oxygen atoms in total. The van der Waals surface area contributed by atoms with Crippen LogP contribution in [-0.2, 0) is 9.59 Å². The van der Waals surface area contributed by atoms with E-state index in [0.29, 0.717) is 11.5 Å². The average Bonchev–Trinajstić information content (AvgIpc) is 3.23. The van der Waals surface area contributed by atoms with E-state index in [1.165, 1.54) is 38.5 Å². The molecule has 2 aromatic rings. The zero-order valence-electron chi connectivity index (χ0n) is 16.7. The molecule has 0 unspecified atom stereocenters. The van der Waals surface area contributed by atoms with Crippen LogP contribution in [0.1, 0.15) is 5.56 Å². The molecule has 4 rings (SSSR count). The van der Waals surface area contributed by atoms with E-state index in [0.717, 1.165) is 17.0 Å². The van der Waals surface area contributed by atoms with Crippen LogP contribution >= 0.6 is 0 Å². The van der Waals surface area contributed by atoms with Gasteiger partial charge in [0.2, 0.25) is 6.79 Å². The summed E-state index contributed by atoms with van der Waals surface area (Å²) in [6.45, 7) is -0.00839. The molecule has 0 saturated carbocycles. The SMILES string of the molecule is COc1cc(/C=C2\C(=O)NC(=O)N(c3ccc4c(c3)OCO4)C2=O)c([N+](=O)[O-])cc1OC. The molecule has 2 aromatic carbocycles. The highest BCUT2D eigenvalue weighted by atomic mass is 16.7. The molecule has 2 aliphatic rings. The van der Waals surface area contributed by atoms with Gasteiger partial charge in [-0.15, -0.1) is 0 Å². The lowest BCUT2D eigenvalue weighted by molar-refractivity contribution is -0.385. The molecule has 12 heteroatoms. The van der Waals surface area contributed by atoms with Crippen molar-refractivity contribution >= 4 is 35.3 Å². The van der Waals surface area contributed by atoms with E-state index >= 15 is 0 Å². The van der Waals surface area contributed by atoms with Gasteiger partial charge in [0.05, 0.1) is 36.5 Å². The summed E-state index contributed by atoms with van der Waals surface area (Å²) in [6.07, 6.45) is 1.02. The molecular weight excluding hydrogens is 426 g/mol. The maximum absolute atomic E-state index is 13.1. The minimum Gasteiger partial charge on any atom is -0.493 e. The van der Waals surface area contributed by atoms with Crippen LogP contribution < -0.4 is 29.2 Å². The van der Waals surface area contributed by atoms with Gasteiger partial charge in [-0.2, -0.15) is 0 Å². The summed E-state index contributed by atoms with van der Waals surface area (Å²) in [6, 6.07) is 5.75. The van der Waals surface area contributed by atoms with Gasteiger partial charge in [-0.1, -0.05) is 0 Å². The first-order valence-electron chi connectivity index (χ1n) is 9.05. The van der Waals surface area contributed by atoms with Gasteiger partial charge < -0.3 is 18.9 Å². The van der Waals surface area contributed by atoms with Crippen molar-refractivity contribution in [2.75, 3.05) is 25.9 Å². The number of nitrogens with one attached hydrogen (secondary N) is 1. The number of nitro benzene ring substituents is 1. The summed E-state index contributed by atoms with van der Waals surface area (Å²) in [5.41, 5.74) is -0.886. The number of fused-ring (bicyclic) bond motifs is 1. The number of carbonyl (C=O) groups excluding carboxylic acids is 3. The number of ether oxygens (including phenoxy) is 4. The number of barbiturate groups is 1. The van der Waals surface area contributed by atoms with Crippen LogP contribution in [0.4, 0.5) is 16.2 Å². The van der Waals surface area contributed by atoms with Gasteiger partial charge in [-0.3, -0.25) is 25.0 Å². The fourth-order valence-electron chi connectivity index (χ4n) is 3.23. The molecule has 2 aliphatic heterocycles. The average molecular weight is 441 g/mol. The van der Waals surface area contributed by atoms with Crippen LogP contribution in [0.25, 0.3) is 6.08 Å². The number of methoxy groups -OCH3 is 2. The number of benzene rings is 2. The van der Waals surface area contributed by atoms with E-state index < -0.39 is 34.0 Å². The van der Waals surface area contributed by atoms with Crippen LogP contribution in [0, 0.1) is 10.1 Å². The summed E-state index contributed by atoms with van der Waals surface area (Å²) < 4.78 is 20.7. The fourth-order valence-corrected chi connectivity index (χ4v) is 3.23. The Bertz CT molecular complexity index is 1210. The highest BCUT2D eigenvalue weighted by Gasteiger charge is 2.38. The van der Waals surface area contributed by atoms with Gasteiger partial charge >= 0.3 is 6.03 Å².